The largest absolute Gasteiger partial charge is 0.489 e. The van der Waals surface area contributed by atoms with Gasteiger partial charge in [0.15, 0.2) is 5.75 Å². The van der Waals surface area contributed by atoms with Crippen LogP contribution in [0.15, 0.2) is 54.7 Å². The first kappa shape index (κ1) is 24.5. The first-order valence-electron chi connectivity index (χ1n) is 12.4. The molecule has 37 heavy (non-hydrogen) atoms. The van der Waals surface area contributed by atoms with Gasteiger partial charge < -0.3 is 24.6 Å². The van der Waals surface area contributed by atoms with Gasteiger partial charge in [0.2, 0.25) is 0 Å². The second-order valence-electron chi connectivity index (χ2n) is 9.26. The highest BCUT2D eigenvalue weighted by molar-refractivity contribution is 6.07. The van der Waals surface area contributed by atoms with Gasteiger partial charge in [0, 0.05) is 44.7 Å². The zero-order valence-corrected chi connectivity index (χ0v) is 20.9. The molecule has 0 bridgehead atoms. The second kappa shape index (κ2) is 10.5. The molecular formula is C28H29FN4O4. The third-order valence-electron chi connectivity index (χ3n) is 6.58. The number of fused-ring (bicyclic) bond motifs is 1. The summed E-state index contributed by atoms with van der Waals surface area (Å²) < 4.78 is 26.2. The molecule has 3 heterocycles. The number of para-hydroxylation sites is 1. The summed E-state index contributed by atoms with van der Waals surface area (Å²) in [5.41, 5.74) is 3.00. The number of halogens is 1. The Morgan fingerprint density at radius 1 is 1.08 bits per heavy atom. The summed E-state index contributed by atoms with van der Waals surface area (Å²) in [6.07, 6.45) is 2.96. The van der Waals surface area contributed by atoms with E-state index in [4.69, 9.17) is 9.47 Å². The minimum atomic E-state index is -0.424. The van der Waals surface area contributed by atoms with Crippen LogP contribution < -0.4 is 19.9 Å². The number of aromatic nitrogens is 1. The zero-order chi connectivity index (χ0) is 25.9. The van der Waals surface area contributed by atoms with Crippen molar-refractivity contribution in [2.75, 3.05) is 41.4 Å². The minimum absolute atomic E-state index is 0.132. The van der Waals surface area contributed by atoms with Gasteiger partial charge in [0.05, 0.1) is 23.5 Å². The Labute approximate surface area is 215 Å². The van der Waals surface area contributed by atoms with Gasteiger partial charge in [-0.25, -0.2) is 9.37 Å². The Balaban J connectivity index is 1.30. The SMILES string of the molecule is CC(=O)OC1CCN(c2ccc(NC(=O)c3cccc4c3OCCN4c3ccc(C)cn3)cc2F)CC1. The molecule has 1 aromatic heterocycles. The van der Waals surface area contributed by atoms with Gasteiger partial charge in [-0.2, -0.15) is 0 Å². The monoisotopic (exact) mass is 504 g/mol. The minimum Gasteiger partial charge on any atom is -0.489 e. The molecule has 8 nitrogen and oxygen atoms in total. The van der Waals surface area contributed by atoms with Gasteiger partial charge in [-0.3, -0.25) is 9.59 Å². The first-order chi connectivity index (χ1) is 17.9. The van der Waals surface area contributed by atoms with Crippen LogP contribution >= 0.6 is 0 Å². The predicted molar refractivity (Wildman–Crippen MR) is 139 cm³/mol. The molecule has 5 rings (SSSR count). The van der Waals surface area contributed by atoms with Crippen LogP contribution in [0.2, 0.25) is 0 Å². The third-order valence-corrected chi connectivity index (χ3v) is 6.58. The fraction of sp³-hybridized carbons (Fsp3) is 0.321. The molecule has 2 aliphatic rings. The number of hydrogen-bond acceptors (Lipinski definition) is 7. The molecule has 0 atom stereocenters. The molecule has 2 aliphatic heterocycles. The number of rotatable bonds is 5. The number of pyridine rings is 1. The number of nitrogens with one attached hydrogen (secondary N) is 1. The fourth-order valence-corrected chi connectivity index (χ4v) is 4.77. The van der Waals surface area contributed by atoms with Gasteiger partial charge in [-0.05, 0) is 48.9 Å². The number of esters is 1. The molecule has 0 spiro atoms. The maximum Gasteiger partial charge on any atom is 0.302 e. The average molecular weight is 505 g/mol. The van der Waals surface area contributed by atoms with E-state index in [9.17, 15) is 9.59 Å². The molecule has 0 radical (unpaired) electrons. The summed E-state index contributed by atoms with van der Waals surface area (Å²) in [7, 11) is 0. The maximum atomic E-state index is 15.0. The second-order valence-corrected chi connectivity index (χ2v) is 9.26. The number of benzene rings is 2. The van der Waals surface area contributed by atoms with Crippen molar-refractivity contribution in [1.29, 1.82) is 0 Å². The lowest BCUT2D eigenvalue weighted by Gasteiger charge is -2.33. The number of piperidine rings is 1. The molecular weight excluding hydrogens is 475 g/mol. The molecule has 0 saturated carbocycles. The first-order valence-corrected chi connectivity index (χ1v) is 12.4. The highest BCUT2D eigenvalue weighted by Crippen LogP contribution is 2.39. The van der Waals surface area contributed by atoms with E-state index < -0.39 is 5.82 Å². The van der Waals surface area contributed by atoms with Crippen molar-refractivity contribution < 1.29 is 23.5 Å². The van der Waals surface area contributed by atoms with E-state index in [1.807, 2.05) is 34.9 Å². The smallest absolute Gasteiger partial charge is 0.302 e. The predicted octanol–water partition coefficient (Wildman–Crippen LogP) is 4.84. The summed E-state index contributed by atoms with van der Waals surface area (Å²) in [4.78, 5) is 32.8. The van der Waals surface area contributed by atoms with Gasteiger partial charge >= 0.3 is 5.97 Å². The molecule has 192 valence electrons. The molecule has 9 heteroatoms. The number of amides is 1. The Morgan fingerprint density at radius 2 is 1.89 bits per heavy atom. The van der Waals surface area contributed by atoms with Crippen molar-refractivity contribution in [2.45, 2.75) is 32.8 Å². The van der Waals surface area contributed by atoms with Crippen molar-refractivity contribution in [2.24, 2.45) is 0 Å². The Morgan fingerprint density at radius 3 is 2.59 bits per heavy atom. The number of anilines is 4. The van der Waals surface area contributed by atoms with E-state index in [1.165, 1.54) is 13.0 Å². The molecule has 1 N–H and O–H groups in total. The van der Waals surface area contributed by atoms with Crippen molar-refractivity contribution in [1.82, 2.24) is 4.98 Å². The van der Waals surface area contributed by atoms with Crippen molar-refractivity contribution in [3.05, 3.63) is 71.7 Å². The molecule has 0 unspecified atom stereocenters. The molecule has 1 fully saturated rings. The van der Waals surface area contributed by atoms with Gasteiger partial charge in [0.25, 0.3) is 5.91 Å². The summed E-state index contributed by atoms with van der Waals surface area (Å²) in [5, 5.41) is 2.80. The van der Waals surface area contributed by atoms with Crippen molar-refractivity contribution in [3.63, 3.8) is 0 Å². The molecule has 1 saturated heterocycles. The van der Waals surface area contributed by atoms with E-state index in [0.717, 1.165) is 17.1 Å². The standard InChI is InChI=1S/C28H29FN4O4/c1-18-6-9-26(30-17-18)33-14-15-36-27-22(4-3-5-25(27)33)28(35)31-20-7-8-24(23(29)16-20)32-12-10-21(11-13-32)37-19(2)34/h3-9,16-17,21H,10-15H2,1-2H3,(H,31,35). The lowest BCUT2D eigenvalue weighted by Crippen LogP contribution is -2.38. The van der Waals surface area contributed by atoms with Gasteiger partial charge in [-0.15, -0.1) is 0 Å². The Hall–Kier alpha value is -4.14. The fourth-order valence-electron chi connectivity index (χ4n) is 4.77. The lowest BCUT2D eigenvalue weighted by atomic mass is 10.1. The van der Waals surface area contributed by atoms with Crippen LogP contribution in [0.25, 0.3) is 0 Å². The number of nitrogens with zero attached hydrogens (tertiary/aromatic N) is 3. The lowest BCUT2D eigenvalue weighted by molar-refractivity contribution is -0.147. The maximum absolute atomic E-state index is 15.0. The summed E-state index contributed by atoms with van der Waals surface area (Å²) in [6, 6.07) is 14.0. The van der Waals surface area contributed by atoms with Crippen LogP contribution in [0, 0.1) is 12.7 Å². The number of aryl methyl sites for hydroxylation is 1. The number of ether oxygens (including phenoxy) is 2. The zero-order valence-electron chi connectivity index (χ0n) is 20.9. The third kappa shape index (κ3) is 5.35. The van der Waals surface area contributed by atoms with E-state index in [0.29, 0.717) is 61.8 Å². The molecule has 2 aromatic carbocycles. The summed E-state index contributed by atoms with van der Waals surface area (Å²) in [6.45, 7) is 5.56. The molecule has 1 amide bonds. The van der Waals surface area contributed by atoms with Gasteiger partial charge in [0.1, 0.15) is 24.3 Å². The number of hydrogen-bond donors (Lipinski definition) is 1. The normalized spacial score (nSPS) is 15.5. The molecule has 3 aromatic rings. The summed E-state index contributed by atoms with van der Waals surface area (Å²) in [5.74, 6) is 0.148. The van der Waals surface area contributed by atoms with Crippen molar-refractivity contribution >= 4 is 34.8 Å². The Kier molecular flexibility index (Phi) is 6.94. The molecule has 0 aliphatic carbocycles. The average Bonchev–Trinajstić information content (AvgIpc) is 2.89. The van der Waals surface area contributed by atoms with Crippen LogP contribution in [-0.2, 0) is 9.53 Å². The van der Waals surface area contributed by atoms with E-state index >= 15 is 4.39 Å². The topological polar surface area (TPSA) is 84.0 Å². The van der Waals surface area contributed by atoms with Crippen molar-refractivity contribution in [3.8, 4) is 5.75 Å². The van der Waals surface area contributed by atoms with Crippen LogP contribution in [0.5, 0.6) is 5.75 Å². The quantitative estimate of drug-likeness (QED) is 0.498. The summed E-state index contributed by atoms with van der Waals surface area (Å²) >= 11 is 0. The van der Waals surface area contributed by atoms with Crippen LogP contribution in [0.4, 0.5) is 27.3 Å². The van der Waals surface area contributed by atoms with E-state index in [1.54, 1.807) is 30.5 Å². The Bertz CT molecular complexity index is 1310. The van der Waals surface area contributed by atoms with E-state index in [2.05, 4.69) is 10.3 Å². The highest BCUT2D eigenvalue weighted by Gasteiger charge is 2.26. The highest BCUT2D eigenvalue weighted by atomic mass is 19.1. The van der Waals surface area contributed by atoms with Crippen LogP contribution in [-0.4, -0.2) is 49.2 Å². The van der Waals surface area contributed by atoms with Gasteiger partial charge in [-0.1, -0.05) is 12.1 Å². The van der Waals surface area contributed by atoms with Crippen LogP contribution in [0.3, 0.4) is 0 Å². The number of carbonyl (C=O) groups excluding carboxylic acids is 2. The van der Waals surface area contributed by atoms with E-state index in [-0.39, 0.29) is 18.0 Å². The van der Waals surface area contributed by atoms with Crippen LogP contribution in [0.1, 0.15) is 35.7 Å². The number of carbonyl (C=O) groups is 2.